The van der Waals surface area contributed by atoms with E-state index >= 15 is 0 Å². The number of amides is 1. The van der Waals surface area contributed by atoms with Crippen LogP contribution in [0.2, 0.25) is 0 Å². The number of carbonyl (C=O) groups excluding carboxylic acids is 1. The molecule has 0 spiro atoms. The summed E-state index contributed by atoms with van der Waals surface area (Å²) in [5.41, 5.74) is 4.58. The predicted molar refractivity (Wildman–Crippen MR) is 103 cm³/mol. The van der Waals surface area contributed by atoms with E-state index in [4.69, 9.17) is 4.74 Å². The smallest absolute Gasteiger partial charge is 0.277 e. The number of rotatable bonds is 7. The van der Waals surface area contributed by atoms with Crippen LogP contribution in [-0.4, -0.2) is 25.0 Å². The van der Waals surface area contributed by atoms with E-state index in [1.807, 2.05) is 48.7 Å². The van der Waals surface area contributed by atoms with Crippen LogP contribution in [0.5, 0.6) is 5.75 Å². The number of thioether (sulfide) groups is 1. The SMILES string of the molecule is CCc1ccc(OCC(=O)N/N=C/c2ccc(SC)cc2)c(Br)c1. The summed E-state index contributed by atoms with van der Waals surface area (Å²) in [4.78, 5) is 13.0. The van der Waals surface area contributed by atoms with Crippen molar-refractivity contribution in [2.24, 2.45) is 5.10 Å². The number of nitrogens with one attached hydrogen (secondary N) is 1. The van der Waals surface area contributed by atoms with Crippen LogP contribution in [0.4, 0.5) is 0 Å². The van der Waals surface area contributed by atoms with E-state index in [0.717, 1.165) is 16.5 Å². The van der Waals surface area contributed by atoms with E-state index in [9.17, 15) is 4.79 Å². The van der Waals surface area contributed by atoms with Crippen LogP contribution in [-0.2, 0) is 11.2 Å². The highest BCUT2D eigenvalue weighted by Crippen LogP contribution is 2.26. The molecule has 0 saturated heterocycles. The number of benzene rings is 2. The third kappa shape index (κ3) is 5.69. The van der Waals surface area contributed by atoms with Crippen LogP contribution in [0.15, 0.2) is 56.9 Å². The van der Waals surface area contributed by atoms with Gasteiger partial charge in [-0.15, -0.1) is 11.8 Å². The highest BCUT2D eigenvalue weighted by Gasteiger charge is 2.05. The first kappa shape index (κ1) is 18.5. The molecule has 1 amide bonds. The Labute approximate surface area is 154 Å². The summed E-state index contributed by atoms with van der Waals surface area (Å²) < 4.78 is 6.34. The molecule has 0 aliphatic carbocycles. The molecule has 1 N–H and O–H groups in total. The Morgan fingerprint density at radius 3 is 2.67 bits per heavy atom. The molecule has 2 aromatic carbocycles. The standard InChI is InChI=1S/C18H19BrN2O2S/c1-3-13-6-9-17(16(19)10-13)23-12-18(22)21-20-11-14-4-7-15(24-2)8-5-14/h4-11H,3,12H2,1-2H3,(H,21,22)/b20-11+. The number of carbonyl (C=O) groups is 1. The molecule has 4 nitrogen and oxygen atoms in total. The lowest BCUT2D eigenvalue weighted by molar-refractivity contribution is -0.123. The summed E-state index contributed by atoms with van der Waals surface area (Å²) in [6.45, 7) is 2.00. The molecule has 0 atom stereocenters. The first-order valence-corrected chi connectivity index (χ1v) is 9.51. The van der Waals surface area contributed by atoms with Gasteiger partial charge in [-0.1, -0.05) is 25.1 Å². The van der Waals surface area contributed by atoms with Crippen molar-refractivity contribution in [2.45, 2.75) is 18.2 Å². The molecule has 0 aromatic heterocycles. The van der Waals surface area contributed by atoms with Gasteiger partial charge in [0.05, 0.1) is 10.7 Å². The van der Waals surface area contributed by atoms with Gasteiger partial charge in [0.2, 0.25) is 0 Å². The Bertz CT molecular complexity index is 717. The Morgan fingerprint density at radius 1 is 1.29 bits per heavy atom. The van der Waals surface area contributed by atoms with Crippen molar-refractivity contribution in [1.29, 1.82) is 0 Å². The van der Waals surface area contributed by atoms with Gasteiger partial charge in [0, 0.05) is 4.90 Å². The molecule has 2 aromatic rings. The second kappa shape index (κ2) is 9.49. The number of hydrogen-bond donors (Lipinski definition) is 1. The van der Waals surface area contributed by atoms with Gasteiger partial charge in [-0.05, 0) is 64.0 Å². The number of aryl methyl sites for hydroxylation is 1. The quantitative estimate of drug-likeness (QED) is 0.424. The fourth-order valence-electron chi connectivity index (χ4n) is 1.93. The van der Waals surface area contributed by atoms with Crippen molar-refractivity contribution < 1.29 is 9.53 Å². The molecule has 0 fully saturated rings. The molecule has 0 unspecified atom stereocenters. The molecule has 0 heterocycles. The Morgan fingerprint density at radius 2 is 2.04 bits per heavy atom. The molecular weight excluding hydrogens is 388 g/mol. The van der Waals surface area contributed by atoms with Crippen molar-refractivity contribution >= 4 is 39.8 Å². The van der Waals surface area contributed by atoms with Gasteiger partial charge >= 0.3 is 0 Å². The molecule has 6 heteroatoms. The molecule has 24 heavy (non-hydrogen) atoms. The predicted octanol–water partition coefficient (Wildman–Crippen LogP) is 4.26. The maximum Gasteiger partial charge on any atom is 0.277 e. The lowest BCUT2D eigenvalue weighted by atomic mass is 10.2. The van der Waals surface area contributed by atoms with E-state index in [1.165, 1.54) is 10.5 Å². The molecule has 0 aliphatic rings. The molecule has 2 rings (SSSR count). The monoisotopic (exact) mass is 406 g/mol. The molecule has 0 saturated carbocycles. The summed E-state index contributed by atoms with van der Waals surface area (Å²) in [5, 5.41) is 3.94. The van der Waals surface area contributed by atoms with E-state index in [1.54, 1.807) is 18.0 Å². The fraction of sp³-hybridized carbons (Fsp3) is 0.222. The Balaban J connectivity index is 1.81. The van der Waals surface area contributed by atoms with Crippen LogP contribution in [0.25, 0.3) is 0 Å². The zero-order valence-electron chi connectivity index (χ0n) is 13.6. The summed E-state index contributed by atoms with van der Waals surface area (Å²) in [6, 6.07) is 13.7. The molecule has 126 valence electrons. The molecule has 0 radical (unpaired) electrons. The maximum absolute atomic E-state index is 11.8. The second-order valence-corrected chi connectivity index (χ2v) is 6.71. The fourth-order valence-corrected chi connectivity index (χ4v) is 2.87. The number of halogens is 1. The number of nitrogens with zero attached hydrogens (tertiary/aromatic N) is 1. The lowest BCUT2D eigenvalue weighted by Gasteiger charge is -2.08. The van der Waals surface area contributed by atoms with Gasteiger partial charge in [0.1, 0.15) is 5.75 Å². The van der Waals surface area contributed by atoms with Crippen LogP contribution >= 0.6 is 27.7 Å². The van der Waals surface area contributed by atoms with Gasteiger partial charge < -0.3 is 4.74 Å². The van der Waals surface area contributed by atoms with Gasteiger partial charge in [-0.3, -0.25) is 4.79 Å². The number of ether oxygens (including phenoxy) is 1. The highest BCUT2D eigenvalue weighted by atomic mass is 79.9. The first-order valence-electron chi connectivity index (χ1n) is 7.49. The van der Waals surface area contributed by atoms with E-state index in [-0.39, 0.29) is 12.5 Å². The van der Waals surface area contributed by atoms with Gasteiger partial charge in [0.25, 0.3) is 5.91 Å². The maximum atomic E-state index is 11.8. The van der Waals surface area contributed by atoms with Crippen molar-refractivity contribution in [1.82, 2.24) is 5.43 Å². The third-order valence-corrected chi connectivity index (χ3v) is 4.65. The minimum Gasteiger partial charge on any atom is -0.483 e. The summed E-state index contributed by atoms with van der Waals surface area (Å²) in [7, 11) is 0. The van der Waals surface area contributed by atoms with Gasteiger partial charge in [-0.25, -0.2) is 5.43 Å². The zero-order valence-corrected chi connectivity index (χ0v) is 16.0. The summed E-state index contributed by atoms with van der Waals surface area (Å²) in [5.74, 6) is 0.331. The minimum absolute atomic E-state index is 0.0905. The topological polar surface area (TPSA) is 50.7 Å². The average molecular weight is 407 g/mol. The largest absolute Gasteiger partial charge is 0.483 e. The van der Waals surface area contributed by atoms with Crippen molar-refractivity contribution in [3.63, 3.8) is 0 Å². The molecular formula is C18H19BrN2O2S. The van der Waals surface area contributed by atoms with Crippen molar-refractivity contribution in [2.75, 3.05) is 12.9 Å². The van der Waals surface area contributed by atoms with Crippen LogP contribution < -0.4 is 10.2 Å². The minimum atomic E-state index is -0.307. The lowest BCUT2D eigenvalue weighted by Crippen LogP contribution is -2.24. The summed E-state index contributed by atoms with van der Waals surface area (Å²) >= 11 is 5.12. The van der Waals surface area contributed by atoms with Crippen molar-refractivity contribution in [3.05, 3.63) is 58.1 Å². The van der Waals surface area contributed by atoms with Crippen LogP contribution in [0, 0.1) is 0 Å². The van der Waals surface area contributed by atoms with Crippen LogP contribution in [0.1, 0.15) is 18.1 Å². The van der Waals surface area contributed by atoms with Crippen LogP contribution in [0.3, 0.4) is 0 Å². The third-order valence-electron chi connectivity index (χ3n) is 3.28. The Hall–Kier alpha value is -1.79. The van der Waals surface area contributed by atoms with Gasteiger partial charge in [-0.2, -0.15) is 5.10 Å². The van der Waals surface area contributed by atoms with E-state index in [0.29, 0.717) is 5.75 Å². The highest BCUT2D eigenvalue weighted by molar-refractivity contribution is 9.10. The second-order valence-electron chi connectivity index (χ2n) is 4.97. The first-order chi connectivity index (χ1) is 11.6. The number of hydrazone groups is 1. The van der Waals surface area contributed by atoms with E-state index < -0.39 is 0 Å². The van der Waals surface area contributed by atoms with E-state index in [2.05, 4.69) is 33.4 Å². The average Bonchev–Trinajstić information content (AvgIpc) is 2.61. The Kier molecular flexibility index (Phi) is 7.34. The van der Waals surface area contributed by atoms with Crippen molar-refractivity contribution in [3.8, 4) is 5.75 Å². The normalized spacial score (nSPS) is 10.8. The summed E-state index contributed by atoms with van der Waals surface area (Å²) in [6.07, 6.45) is 4.58. The molecule has 0 aliphatic heterocycles. The van der Waals surface area contributed by atoms with Gasteiger partial charge in [0.15, 0.2) is 6.61 Å². The molecule has 0 bridgehead atoms. The number of hydrogen-bond acceptors (Lipinski definition) is 4. The zero-order chi connectivity index (χ0) is 17.4.